The van der Waals surface area contributed by atoms with Crippen LogP contribution in [0.15, 0.2) is 47.5 Å². The van der Waals surface area contributed by atoms with Gasteiger partial charge in [-0.1, -0.05) is 17.7 Å². The number of nitrogens with zero attached hydrogens (tertiary/aromatic N) is 2. The molecular formula is C21H25BN2O5S. The molecule has 3 heterocycles. The van der Waals surface area contributed by atoms with Crippen molar-refractivity contribution in [3.63, 3.8) is 0 Å². The Labute approximate surface area is 177 Å². The van der Waals surface area contributed by atoms with Crippen molar-refractivity contribution >= 4 is 33.6 Å². The van der Waals surface area contributed by atoms with Crippen LogP contribution in [0, 0.1) is 6.92 Å². The molecule has 0 radical (unpaired) electrons. The number of hydrogen-bond donors (Lipinski definition) is 0. The van der Waals surface area contributed by atoms with Gasteiger partial charge in [-0.25, -0.2) is 12.4 Å². The molecule has 2 aromatic heterocycles. The van der Waals surface area contributed by atoms with E-state index in [-0.39, 0.29) is 10.5 Å². The number of fused-ring (bicyclic) bond motifs is 1. The van der Waals surface area contributed by atoms with E-state index in [0.29, 0.717) is 16.7 Å². The average molecular weight is 428 g/mol. The molecule has 0 N–H and O–H groups in total. The summed E-state index contributed by atoms with van der Waals surface area (Å²) >= 11 is 0. The van der Waals surface area contributed by atoms with E-state index in [1.807, 2.05) is 34.6 Å². The highest BCUT2D eigenvalue weighted by atomic mass is 32.2. The summed E-state index contributed by atoms with van der Waals surface area (Å²) in [6.07, 6.45) is 1.54. The van der Waals surface area contributed by atoms with E-state index >= 15 is 0 Å². The molecule has 0 atom stereocenters. The Balaban J connectivity index is 1.92. The lowest BCUT2D eigenvalue weighted by Gasteiger charge is -2.32. The van der Waals surface area contributed by atoms with Crippen molar-refractivity contribution in [1.29, 1.82) is 0 Å². The third kappa shape index (κ3) is 3.21. The molecule has 0 aliphatic carbocycles. The van der Waals surface area contributed by atoms with Crippen LogP contribution in [0.2, 0.25) is 0 Å². The number of hydrogen-bond acceptors (Lipinski definition) is 6. The van der Waals surface area contributed by atoms with Crippen LogP contribution < -0.4 is 10.2 Å². The summed E-state index contributed by atoms with van der Waals surface area (Å²) in [4.78, 5) is 4.59. The summed E-state index contributed by atoms with van der Waals surface area (Å²) in [6, 6.07) is 10.2. The minimum atomic E-state index is -3.89. The Morgan fingerprint density at radius 3 is 2.17 bits per heavy atom. The molecule has 0 bridgehead atoms. The Morgan fingerprint density at radius 1 is 1.00 bits per heavy atom. The van der Waals surface area contributed by atoms with Crippen LogP contribution in [0.5, 0.6) is 5.88 Å². The van der Waals surface area contributed by atoms with Gasteiger partial charge in [0, 0.05) is 23.1 Å². The van der Waals surface area contributed by atoms with Crippen LogP contribution in [-0.4, -0.2) is 42.8 Å². The summed E-state index contributed by atoms with van der Waals surface area (Å²) in [7, 11) is -3.12. The van der Waals surface area contributed by atoms with E-state index in [2.05, 4.69) is 4.98 Å². The summed E-state index contributed by atoms with van der Waals surface area (Å²) in [6.45, 7) is 9.73. The minimum absolute atomic E-state index is 0.176. The Morgan fingerprint density at radius 2 is 1.60 bits per heavy atom. The summed E-state index contributed by atoms with van der Waals surface area (Å²) in [5.74, 6) is 0.321. The Bertz CT molecular complexity index is 1200. The van der Waals surface area contributed by atoms with Crippen LogP contribution in [0.3, 0.4) is 0 Å². The number of rotatable bonds is 4. The molecule has 1 saturated heterocycles. The topological polar surface area (TPSA) is 79.7 Å². The number of benzene rings is 1. The fraction of sp³-hybridized carbons (Fsp3) is 0.381. The molecule has 1 aromatic carbocycles. The fourth-order valence-corrected chi connectivity index (χ4v) is 4.69. The van der Waals surface area contributed by atoms with Gasteiger partial charge < -0.3 is 14.0 Å². The number of pyridine rings is 1. The van der Waals surface area contributed by atoms with Gasteiger partial charge in [0.1, 0.15) is 0 Å². The monoisotopic (exact) mass is 428 g/mol. The molecule has 158 valence electrons. The average Bonchev–Trinajstić information content (AvgIpc) is 3.16. The first-order valence-electron chi connectivity index (χ1n) is 9.70. The number of aromatic nitrogens is 2. The molecule has 9 heteroatoms. The van der Waals surface area contributed by atoms with E-state index in [1.165, 1.54) is 17.3 Å². The van der Waals surface area contributed by atoms with Crippen molar-refractivity contribution in [2.45, 2.75) is 50.7 Å². The van der Waals surface area contributed by atoms with Crippen molar-refractivity contribution in [2.75, 3.05) is 7.11 Å². The standard InChI is InChI=1S/C21H25BN2O5S/c1-14-7-9-15(10-8-14)30(25,26)24-13-17(16-11-12-18(27-6)23-19(16)24)22-28-20(2,3)21(4,5)29-22/h7-13H,1-6H3. The molecule has 1 fully saturated rings. The highest BCUT2D eigenvalue weighted by molar-refractivity contribution is 7.90. The SMILES string of the molecule is COc1ccc2c(B3OC(C)(C)C(C)(C)O3)cn(S(=O)(=O)c3ccc(C)cc3)c2n1. The highest BCUT2D eigenvalue weighted by Crippen LogP contribution is 2.37. The molecule has 4 rings (SSSR count). The molecule has 30 heavy (non-hydrogen) atoms. The molecular weight excluding hydrogens is 403 g/mol. The summed E-state index contributed by atoms with van der Waals surface area (Å²) in [5.41, 5.74) is 0.738. The third-order valence-corrected chi connectivity index (χ3v) is 7.58. The number of ether oxygens (including phenoxy) is 1. The van der Waals surface area contributed by atoms with Gasteiger partial charge in [0.2, 0.25) is 5.88 Å². The Kier molecular flexibility index (Phi) is 4.76. The van der Waals surface area contributed by atoms with Gasteiger partial charge in [-0.15, -0.1) is 0 Å². The fourth-order valence-electron chi connectivity index (χ4n) is 3.36. The van der Waals surface area contributed by atoms with Gasteiger partial charge in [-0.2, -0.15) is 4.98 Å². The first-order chi connectivity index (χ1) is 14.0. The van der Waals surface area contributed by atoms with Crippen molar-refractivity contribution in [1.82, 2.24) is 8.96 Å². The van der Waals surface area contributed by atoms with E-state index in [9.17, 15) is 8.42 Å². The lowest BCUT2D eigenvalue weighted by Crippen LogP contribution is -2.41. The van der Waals surface area contributed by atoms with Crippen molar-refractivity contribution in [3.8, 4) is 5.88 Å². The second-order valence-electron chi connectivity index (χ2n) is 8.51. The third-order valence-electron chi connectivity index (χ3n) is 5.92. The van der Waals surface area contributed by atoms with Gasteiger partial charge in [0.15, 0.2) is 5.65 Å². The normalized spacial score (nSPS) is 18.1. The molecule has 7 nitrogen and oxygen atoms in total. The maximum atomic E-state index is 13.4. The van der Waals surface area contributed by atoms with Crippen LogP contribution >= 0.6 is 0 Å². The van der Waals surface area contributed by atoms with E-state index in [0.717, 1.165) is 5.56 Å². The van der Waals surface area contributed by atoms with Crippen molar-refractivity contribution in [2.24, 2.45) is 0 Å². The second-order valence-corrected chi connectivity index (χ2v) is 10.3. The highest BCUT2D eigenvalue weighted by Gasteiger charge is 2.52. The first kappa shape index (κ1) is 20.9. The van der Waals surface area contributed by atoms with Crippen LogP contribution in [-0.2, 0) is 19.3 Å². The minimum Gasteiger partial charge on any atom is -0.481 e. The second kappa shape index (κ2) is 6.83. The maximum absolute atomic E-state index is 13.4. The lowest BCUT2D eigenvalue weighted by atomic mass is 9.79. The molecule has 0 unspecified atom stereocenters. The van der Waals surface area contributed by atoms with Gasteiger partial charge in [-0.3, -0.25) is 0 Å². The lowest BCUT2D eigenvalue weighted by molar-refractivity contribution is 0.00578. The van der Waals surface area contributed by atoms with Gasteiger partial charge in [-0.05, 0) is 52.8 Å². The molecule has 1 aliphatic heterocycles. The predicted molar refractivity (Wildman–Crippen MR) is 116 cm³/mol. The van der Waals surface area contributed by atoms with Gasteiger partial charge >= 0.3 is 7.12 Å². The predicted octanol–water partition coefficient (Wildman–Crippen LogP) is 2.89. The largest absolute Gasteiger partial charge is 0.497 e. The van der Waals surface area contributed by atoms with Crippen molar-refractivity contribution in [3.05, 3.63) is 48.2 Å². The quantitative estimate of drug-likeness (QED) is 0.595. The zero-order valence-electron chi connectivity index (χ0n) is 18.0. The smallest absolute Gasteiger partial charge is 0.481 e. The first-order valence-corrected chi connectivity index (χ1v) is 11.1. The van der Waals surface area contributed by atoms with E-state index < -0.39 is 28.3 Å². The van der Waals surface area contributed by atoms with Gasteiger partial charge in [0.25, 0.3) is 10.0 Å². The number of methoxy groups -OCH3 is 1. The molecule has 0 amide bonds. The molecule has 1 aliphatic rings. The zero-order valence-corrected chi connectivity index (χ0v) is 18.8. The molecule has 3 aromatic rings. The van der Waals surface area contributed by atoms with Crippen LogP contribution in [0.4, 0.5) is 0 Å². The van der Waals surface area contributed by atoms with E-state index in [1.54, 1.807) is 36.4 Å². The Hall–Kier alpha value is -2.36. The van der Waals surface area contributed by atoms with Crippen molar-refractivity contribution < 1.29 is 22.5 Å². The molecule has 0 spiro atoms. The number of aryl methyl sites for hydroxylation is 1. The van der Waals surface area contributed by atoms with Crippen LogP contribution in [0.1, 0.15) is 33.3 Å². The zero-order chi connectivity index (χ0) is 21.9. The molecule has 0 saturated carbocycles. The summed E-state index contributed by atoms with van der Waals surface area (Å²) in [5, 5.41) is 0.630. The van der Waals surface area contributed by atoms with Gasteiger partial charge in [0.05, 0.1) is 23.2 Å². The van der Waals surface area contributed by atoms with Crippen LogP contribution in [0.25, 0.3) is 11.0 Å². The van der Waals surface area contributed by atoms with E-state index in [4.69, 9.17) is 14.0 Å². The summed E-state index contributed by atoms with van der Waals surface area (Å²) < 4.78 is 45.6. The maximum Gasteiger partial charge on any atom is 0.497 e.